The van der Waals surface area contributed by atoms with Gasteiger partial charge in [-0.2, -0.15) is 0 Å². The van der Waals surface area contributed by atoms with Crippen LogP contribution in [0.5, 0.6) is 0 Å². The van der Waals surface area contributed by atoms with Crippen LogP contribution >= 0.6 is 0 Å². The predicted molar refractivity (Wildman–Crippen MR) is 81.8 cm³/mol. The third-order valence-corrected chi connectivity index (χ3v) is 4.20. The number of nitrogens with one attached hydrogen (secondary N) is 1. The van der Waals surface area contributed by atoms with Crippen LogP contribution in [-0.2, 0) is 11.3 Å². The van der Waals surface area contributed by atoms with E-state index in [1.807, 2.05) is 0 Å². The van der Waals surface area contributed by atoms with E-state index in [2.05, 4.69) is 31.1 Å². The lowest BCUT2D eigenvalue weighted by Crippen LogP contribution is -2.39. The summed E-state index contributed by atoms with van der Waals surface area (Å²) < 4.78 is 1.51. The Morgan fingerprint density at radius 2 is 2.24 bits per heavy atom. The molecule has 1 aromatic heterocycles. The summed E-state index contributed by atoms with van der Waals surface area (Å²) in [6, 6.07) is 1.42. The van der Waals surface area contributed by atoms with Gasteiger partial charge in [0.2, 0.25) is 5.91 Å². The lowest BCUT2D eigenvalue weighted by Gasteiger charge is -2.38. The van der Waals surface area contributed by atoms with Gasteiger partial charge in [-0.05, 0) is 30.6 Å². The smallest absolute Gasteiger partial charge is 0.253 e. The summed E-state index contributed by atoms with van der Waals surface area (Å²) in [6.07, 6.45) is 6.06. The van der Waals surface area contributed by atoms with E-state index in [4.69, 9.17) is 0 Å². The van der Waals surface area contributed by atoms with E-state index in [1.54, 1.807) is 0 Å². The van der Waals surface area contributed by atoms with Gasteiger partial charge in [0.05, 0.1) is 6.33 Å². The number of hydrogen-bond donors (Lipinski definition) is 1. The minimum atomic E-state index is -0.0910. The van der Waals surface area contributed by atoms with Crippen LogP contribution < -0.4 is 10.9 Å². The number of carbonyl (C=O) groups is 1. The van der Waals surface area contributed by atoms with E-state index in [1.165, 1.54) is 29.6 Å². The third-order valence-electron chi connectivity index (χ3n) is 4.20. The zero-order chi connectivity index (χ0) is 15.5. The van der Waals surface area contributed by atoms with E-state index in [-0.39, 0.29) is 22.8 Å². The topological polar surface area (TPSA) is 64.0 Å². The highest BCUT2D eigenvalue weighted by Crippen LogP contribution is 2.41. The summed E-state index contributed by atoms with van der Waals surface area (Å²) in [7, 11) is 0. The van der Waals surface area contributed by atoms with Crippen LogP contribution in [0.15, 0.2) is 23.4 Å². The molecule has 2 rings (SSSR count). The molecule has 1 N–H and O–H groups in total. The van der Waals surface area contributed by atoms with E-state index in [0.717, 1.165) is 12.8 Å². The van der Waals surface area contributed by atoms with Crippen molar-refractivity contribution >= 4 is 5.91 Å². The molecule has 2 atom stereocenters. The molecule has 1 aliphatic carbocycles. The highest BCUT2D eigenvalue weighted by Gasteiger charge is 2.35. The van der Waals surface area contributed by atoms with Crippen molar-refractivity contribution in [3.05, 3.63) is 28.9 Å². The normalized spacial score (nSPS) is 24.5. The van der Waals surface area contributed by atoms with Crippen LogP contribution in [-0.4, -0.2) is 22.0 Å². The SMILES string of the molecule is CC1CC(C(=O)NCCn2cnccc2=O)CC(C)(C)C1. The third kappa shape index (κ3) is 4.41. The molecular formula is C16H25N3O2. The minimum absolute atomic E-state index is 0.0910. The Bertz CT molecular complexity index is 550. The van der Waals surface area contributed by atoms with Crippen LogP contribution in [0.4, 0.5) is 0 Å². The Kier molecular flexibility index (Phi) is 4.80. The van der Waals surface area contributed by atoms with Gasteiger partial charge in [-0.25, -0.2) is 4.98 Å². The Balaban J connectivity index is 1.85. The number of carbonyl (C=O) groups excluding carboxylic acids is 1. The molecule has 5 nitrogen and oxygen atoms in total. The Morgan fingerprint density at radius 1 is 1.48 bits per heavy atom. The van der Waals surface area contributed by atoms with Gasteiger partial charge in [-0.3, -0.25) is 14.2 Å². The van der Waals surface area contributed by atoms with Gasteiger partial charge >= 0.3 is 0 Å². The molecule has 2 unspecified atom stereocenters. The average molecular weight is 291 g/mol. The molecule has 0 saturated heterocycles. The van der Waals surface area contributed by atoms with Gasteiger partial charge in [-0.1, -0.05) is 20.8 Å². The van der Waals surface area contributed by atoms with Crippen molar-refractivity contribution in [1.29, 1.82) is 0 Å². The zero-order valence-electron chi connectivity index (χ0n) is 13.1. The molecular weight excluding hydrogens is 266 g/mol. The molecule has 21 heavy (non-hydrogen) atoms. The average Bonchev–Trinajstić information content (AvgIpc) is 2.38. The van der Waals surface area contributed by atoms with E-state index < -0.39 is 0 Å². The second-order valence-electron chi connectivity index (χ2n) is 7.01. The Hall–Kier alpha value is -1.65. The monoisotopic (exact) mass is 291 g/mol. The zero-order valence-corrected chi connectivity index (χ0v) is 13.1. The minimum Gasteiger partial charge on any atom is -0.354 e. The number of amides is 1. The summed E-state index contributed by atoms with van der Waals surface area (Å²) >= 11 is 0. The molecule has 0 spiro atoms. The molecule has 116 valence electrons. The van der Waals surface area contributed by atoms with Gasteiger partial charge in [0.15, 0.2) is 0 Å². The number of nitrogens with zero attached hydrogens (tertiary/aromatic N) is 2. The number of aromatic nitrogens is 2. The Morgan fingerprint density at radius 3 is 2.90 bits per heavy atom. The van der Waals surface area contributed by atoms with Crippen molar-refractivity contribution in [2.24, 2.45) is 17.3 Å². The fourth-order valence-corrected chi connectivity index (χ4v) is 3.54. The second-order valence-corrected chi connectivity index (χ2v) is 7.01. The van der Waals surface area contributed by atoms with Crippen LogP contribution in [0.3, 0.4) is 0 Å². The molecule has 5 heteroatoms. The second kappa shape index (κ2) is 6.41. The van der Waals surface area contributed by atoms with Crippen molar-refractivity contribution in [1.82, 2.24) is 14.9 Å². The van der Waals surface area contributed by atoms with Gasteiger partial charge in [0.1, 0.15) is 0 Å². The molecule has 1 aliphatic rings. The maximum absolute atomic E-state index is 12.3. The van der Waals surface area contributed by atoms with E-state index >= 15 is 0 Å². The first-order valence-corrected chi connectivity index (χ1v) is 7.65. The van der Waals surface area contributed by atoms with Crippen LogP contribution in [0, 0.1) is 17.3 Å². The predicted octanol–water partition coefficient (Wildman–Crippen LogP) is 1.82. The molecule has 1 aromatic rings. The van der Waals surface area contributed by atoms with Crippen molar-refractivity contribution in [2.75, 3.05) is 6.54 Å². The molecule has 0 radical (unpaired) electrons. The summed E-state index contributed by atoms with van der Waals surface area (Å²) in [4.78, 5) is 27.7. The fourth-order valence-electron chi connectivity index (χ4n) is 3.54. The summed E-state index contributed by atoms with van der Waals surface area (Å²) in [5, 5.41) is 2.96. The molecule has 1 heterocycles. The van der Waals surface area contributed by atoms with Crippen molar-refractivity contribution in [2.45, 2.75) is 46.6 Å². The summed E-state index contributed by atoms with van der Waals surface area (Å²) in [5.41, 5.74) is 0.145. The number of rotatable bonds is 4. The first-order chi connectivity index (χ1) is 9.87. The first kappa shape index (κ1) is 15.7. The van der Waals surface area contributed by atoms with Crippen LogP contribution in [0.2, 0.25) is 0 Å². The Labute approximate surface area is 125 Å². The highest BCUT2D eigenvalue weighted by molar-refractivity contribution is 5.78. The van der Waals surface area contributed by atoms with Gasteiger partial charge < -0.3 is 5.32 Å². The first-order valence-electron chi connectivity index (χ1n) is 7.65. The lowest BCUT2D eigenvalue weighted by molar-refractivity contribution is -0.128. The fraction of sp³-hybridized carbons (Fsp3) is 0.688. The largest absolute Gasteiger partial charge is 0.354 e. The van der Waals surface area contributed by atoms with Crippen molar-refractivity contribution < 1.29 is 4.79 Å². The van der Waals surface area contributed by atoms with Gasteiger partial charge in [-0.15, -0.1) is 0 Å². The van der Waals surface area contributed by atoms with Gasteiger partial charge in [0.25, 0.3) is 5.56 Å². The van der Waals surface area contributed by atoms with Gasteiger partial charge in [0, 0.05) is 31.3 Å². The molecule has 1 amide bonds. The molecule has 1 saturated carbocycles. The van der Waals surface area contributed by atoms with Crippen LogP contribution in [0.1, 0.15) is 40.0 Å². The molecule has 0 bridgehead atoms. The summed E-state index contributed by atoms with van der Waals surface area (Å²) in [6.45, 7) is 7.62. The maximum Gasteiger partial charge on any atom is 0.253 e. The maximum atomic E-state index is 12.3. The van der Waals surface area contributed by atoms with Crippen molar-refractivity contribution in [3.8, 4) is 0 Å². The number of hydrogen-bond acceptors (Lipinski definition) is 3. The molecule has 1 fully saturated rings. The van der Waals surface area contributed by atoms with Crippen molar-refractivity contribution in [3.63, 3.8) is 0 Å². The van der Waals surface area contributed by atoms with Crippen LogP contribution in [0.25, 0.3) is 0 Å². The molecule has 0 aliphatic heterocycles. The highest BCUT2D eigenvalue weighted by atomic mass is 16.2. The van der Waals surface area contributed by atoms with E-state index in [9.17, 15) is 9.59 Å². The molecule has 0 aromatic carbocycles. The summed E-state index contributed by atoms with van der Waals surface area (Å²) in [5.74, 6) is 0.798. The lowest BCUT2D eigenvalue weighted by atomic mass is 9.68. The quantitative estimate of drug-likeness (QED) is 0.920. The van der Waals surface area contributed by atoms with E-state index in [0.29, 0.717) is 19.0 Å². The standard InChI is InChI=1S/C16H25N3O2/c1-12-8-13(10-16(2,3)9-12)15(21)18-6-7-19-11-17-5-4-14(19)20/h4-5,11-13H,6-10H2,1-3H3,(H,18,21).